The number of halogens is 3. The lowest BCUT2D eigenvalue weighted by molar-refractivity contribution is -0.0494. The highest BCUT2D eigenvalue weighted by Gasteiger charge is 2.50. The van der Waals surface area contributed by atoms with Gasteiger partial charge in [-0.15, -0.1) is 0 Å². The van der Waals surface area contributed by atoms with Crippen LogP contribution in [0.25, 0.3) is 0 Å². The Bertz CT molecular complexity index is 820. The van der Waals surface area contributed by atoms with E-state index in [1.54, 1.807) is 0 Å². The number of aliphatic imine (C=N–C) groups is 1. The molecule has 1 aromatic carbocycles. The Kier molecular flexibility index (Phi) is 8.51. The summed E-state index contributed by atoms with van der Waals surface area (Å²) in [6, 6.07) is 7.98. The number of piperidine rings is 1. The van der Waals surface area contributed by atoms with Gasteiger partial charge in [0.1, 0.15) is 0 Å². The summed E-state index contributed by atoms with van der Waals surface area (Å²) in [5, 5.41) is 6.34. The predicted molar refractivity (Wildman–Crippen MR) is 111 cm³/mol. The van der Waals surface area contributed by atoms with Gasteiger partial charge < -0.3 is 15.5 Å². The minimum absolute atomic E-state index is 0.150. The van der Waals surface area contributed by atoms with Gasteiger partial charge in [-0.2, -0.15) is 17.5 Å². The molecule has 7 nitrogen and oxygen atoms in total. The molecule has 0 saturated carbocycles. The van der Waals surface area contributed by atoms with Crippen molar-refractivity contribution in [1.29, 1.82) is 0 Å². The highest BCUT2D eigenvalue weighted by molar-refractivity contribution is 7.90. The van der Waals surface area contributed by atoms with E-state index < -0.39 is 15.5 Å². The van der Waals surface area contributed by atoms with Gasteiger partial charge in [0.05, 0.1) is 6.54 Å². The highest BCUT2D eigenvalue weighted by Crippen LogP contribution is 2.28. The van der Waals surface area contributed by atoms with E-state index in [2.05, 4.69) is 32.7 Å². The van der Waals surface area contributed by atoms with Crippen molar-refractivity contribution in [3.8, 4) is 0 Å². The van der Waals surface area contributed by atoms with E-state index >= 15 is 0 Å². The third-order valence-corrected chi connectivity index (χ3v) is 6.31. The van der Waals surface area contributed by atoms with Gasteiger partial charge in [0.2, 0.25) is 0 Å². The molecule has 1 fully saturated rings. The van der Waals surface area contributed by atoms with Crippen LogP contribution in [0.3, 0.4) is 0 Å². The number of nitrogens with zero attached hydrogens (tertiary/aromatic N) is 3. The third kappa shape index (κ3) is 6.85. The first-order valence-electron chi connectivity index (χ1n) is 9.86. The lowest BCUT2D eigenvalue weighted by Crippen LogP contribution is -2.51. The molecule has 0 spiro atoms. The predicted octanol–water partition coefficient (Wildman–Crippen LogP) is 2.12. The van der Waals surface area contributed by atoms with Crippen molar-refractivity contribution in [3.63, 3.8) is 0 Å². The summed E-state index contributed by atoms with van der Waals surface area (Å²) < 4.78 is 61.7. The molecule has 1 aliphatic heterocycles. The number of hydrogen-bond donors (Lipinski definition) is 2. The summed E-state index contributed by atoms with van der Waals surface area (Å²) in [5.41, 5.74) is -3.02. The molecule has 1 aliphatic rings. The van der Waals surface area contributed by atoms with Crippen LogP contribution in [0.15, 0.2) is 29.3 Å². The maximum Gasteiger partial charge on any atom is 0.511 e. The van der Waals surface area contributed by atoms with Crippen molar-refractivity contribution in [2.75, 3.05) is 33.7 Å². The summed E-state index contributed by atoms with van der Waals surface area (Å²) >= 11 is 0. The summed E-state index contributed by atoms with van der Waals surface area (Å²) in [6.07, 6.45) is 0.552. The normalized spacial score (nSPS) is 17.4. The van der Waals surface area contributed by atoms with Crippen LogP contribution in [0.5, 0.6) is 0 Å². The fourth-order valence-corrected chi connectivity index (χ4v) is 4.25. The summed E-state index contributed by atoms with van der Waals surface area (Å²) in [4.78, 5) is 6.66. The molecule has 0 amide bonds. The van der Waals surface area contributed by atoms with Gasteiger partial charge in [-0.3, -0.25) is 0 Å². The standard InChI is InChI=1S/C19H30F3N5O2S/c1-4-23-18(24-13-15-6-5-7-16(12-15)14-26(2)3)25-17-8-10-27(11-9-17)30(28,29)19(20,21)22/h5-7,12,17H,4,8-11,13-14H2,1-3H3,(H2,23,24,25). The van der Waals surface area contributed by atoms with Gasteiger partial charge in [-0.1, -0.05) is 24.3 Å². The van der Waals surface area contributed by atoms with E-state index in [1.165, 1.54) is 5.56 Å². The number of nitrogens with one attached hydrogen (secondary N) is 2. The van der Waals surface area contributed by atoms with Crippen molar-refractivity contribution in [2.24, 2.45) is 4.99 Å². The van der Waals surface area contributed by atoms with Crippen LogP contribution < -0.4 is 10.6 Å². The van der Waals surface area contributed by atoms with Crippen LogP contribution in [-0.4, -0.2) is 68.9 Å². The Balaban J connectivity index is 1.97. The molecule has 11 heteroatoms. The van der Waals surface area contributed by atoms with Crippen molar-refractivity contribution < 1.29 is 21.6 Å². The Labute approximate surface area is 176 Å². The van der Waals surface area contributed by atoms with E-state index in [0.29, 0.717) is 23.4 Å². The Morgan fingerprint density at radius 3 is 2.43 bits per heavy atom. The van der Waals surface area contributed by atoms with Crippen LogP contribution in [0.4, 0.5) is 13.2 Å². The van der Waals surface area contributed by atoms with Crippen molar-refractivity contribution in [3.05, 3.63) is 35.4 Å². The Morgan fingerprint density at radius 1 is 1.23 bits per heavy atom. The van der Waals surface area contributed by atoms with Crippen molar-refractivity contribution in [2.45, 2.75) is 44.4 Å². The first-order valence-corrected chi connectivity index (χ1v) is 11.3. The third-order valence-electron chi connectivity index (χ3n) is 4.68. The summed E-state index contributed by atoms with van der Waals surface area (Å²) in [5.74, 6) is 0.563. The molecule has 1 saturated heterocycles. The van der Waals surface area contributed by atoms with E-state index in [-0.39, 0.29) is 32.0 Å². The van der Waals surface area contributed by atoms with Crippen molar-refractivity contribution >= 4 is 16.0 Å². The second kappa shape index (κ2) is 10.5. The zero-order valence-electron chi connectivity index (χ0n) is 17.5. The SMILES string of the molecule is CCNC(=NCc1cccc(CN(C)C)c1)NC1CCN(S(=O)(=O)C(F)(F)F)CC1. The van der Waals surface area contributed by atoms with E-state index in [0.717, 1.165) is 12.1 Å². The lowest BCUT2D eigenvalue weighted by atomic mass is 10.1. The minimum atomic E-state index is -5.26. The van der Waals surface area contributed by atoms with Gasteiger partial charge in [0, 0.05) is 32.2 Å². The molecule has 1 heterocycles. The van der Waals surface area contributed by atoms with Crippen LogP contribution >= 0.6 is 0 Å². The topological polar surface area (TPSA) is 77.0 Å². The first kappa shape index (κ1) is 24.4. The zero-order valence-corrected chi connectivity index (χ0v) is 18.4. The molecular formula is C19H30F3N5O2S. The maximum absolute atomic E-state index is 12.7. The van der Waals surface area contributed by atoms with Gasteiger partial charge >= 0.3 is 15.5 Å². The molecule has 2 rings (SSSR count). The molecule has 0 aliphatic carbocycles. The monoisotopic (exact) mass is 449 g/mol. The quantitative estimate of drug-likeness (QED) is 0.493. The summed E-state index contributed by atoms with van der Waals surface area (Å²) in [7, 11) is -1.26. The Hall–Kier alpha value is -1.85. The number of sulfonamides is 1. The molecule has 0 atom stereocenters. The molecular weight excluding hydrogens is 419 g/mol. The fraction of sp³-hybridized carbons (Fsp3) is 0.632. The lowest BCUT2D eigenvalue weighted by Gasteiger charge is -2.32. The van der Waals surface area contributed by atoms with Gasteiger partial charge in [0.25, 0.3) is 0 Å². The van der Waals surface area contributed by atoms with Gasteiger partial charge in [0.15, 0.2) is 5.96 Å². The highest BCUT2D eigenvalue weighted by atomic mass is 32.2. The molecule has 0 bridgehead atoms. The van der Waals surface area contributed by atoms with E-state index in [1.807, 2.05) is 33.2 Å². The van der Waals surface area contributed by atoms with Gasteiger partial charge in [-0.25, -0.2) is 13.4 Å². The average molecular weight is 450 g/mol. The Morgan fingerprint density at radius 2 is 1.87 bits per heavy atom. The number of rotatable bonds is 7. The molecule has 0 unspecified atom stereocenters. The van der Waals surface area contributed by atoms with Crippen LogP contribution in [0, 0.1) is 0 Å². The molecule has 0 radical (unpaired) electrons. The second-order valence-electron chi connectivity index (χ2n) is 7.52. The van der Waals surface area contributed by atoms with E-state index in [9.17, 15) is 21.6 Å². The molecule has 30 heavy (non-hydrogen) atoms. The van der Waals surface area contributed by atoms with Crippen LogP contribution in [0.1, 0.15) is 30.9 Å². The maximum atomic E-state index is 12.7. The largest absolute Gasteiger partial charge is 0.511 e. The first-order chi connectivity index (χ1) is 14.0. The number of guanidine groups is 1. The minimum Gasteiger partial charge on any atom is -0.357 e. The van der Waals surface area contributed by atoms with E-state index in [4.69, 9.17) is 0 Å². The smallest absolute Gasteiger partial charge is 0.357 e. The number of alkyl halides is 3. The zero-order chi connectivity index (χ0) is 22.4. The fourth-order valence-electron chi connectivity index (χ4n) is 3.26. The van der Waals surface area contributed by atoms with Crippen molar-refractivity contribution in [1.82, 2.24) is 19.8 Å². The van der Waals surface area contributed by atoms with Gasteiger partial charge in [-0.05, 0) is 45.0 Å². The molecule has 0 aromatic heterocycles. The summed E-state index contributed by atoms with van der Waals surface area (Å²) in [6.45, 7) is 3.49. The number of hydrogen-bond acceptors (Lipinski definition) is 4. The number of benzene rings is 1. The van der Waals surface area contributed by atoms with Crippen LogP contribution in [-0.2, 0) is 23.1 Å². The molecule has 1 aromatic rings. The molecule has 170 valence electrons. The van der Waals surface area contributed by atoms with Crippen LogP contribution in [0.2, 0.25) is 0 Å². The average Bonchev–Trinajstić information content (AvgIpc) is 2.65. The second-order valence-corrected chi connectivity index (χ2v) is 9.45. The molecule has 2 N–H and O–H groups in total.